The van der Waals surface area contributed by atoms with E-state index >= 15 is 0 Å². The van der Waals surface area contributed by atoms with Gasteiger partial charge >= 0.3 is 12.0 Å². The molecule has 2 amide bonds. The maximum absolute atomic E-state index is 11.8. The molecule has 98 valence electrons. The highest BCUT2D eigenvalue weighted by Crippen LogP contribution is 2.07. The van der Waals surface area contributed by atoms with Gasteiger partial charge in [0.1, 0.15) is 0 Å². The van der Waals surface area contributed by atoms with E-state index in [0.29, 0.717) is 13.2 Å². The van der Waals surface area contributed by atoms with Crippen LogP contribution in [0.1, 0.15) is 19.8 Å². The lowest BCUT2D eigenvalue weighted by Crippen LogP contribution is -2.46. The third-order valence-electron chi connectivity index (χ3n) is 2.86. The number of carboxylic acids is 1. The fraction of sp³-hybridized carbons (Fsp3) is 0.818. The minimum atomic E-state index is -0.893. The van der Waals surface area contributed by atoms with Gasteiger partial charge < -0.3 is 20.1 Å². The number of carbonyl (C=O) groups is 2. The summed E-state index contributed by atoms with van der Waals surface area (Å²) in [5.74, 6) is -1.45. The first kappa shape index (κ1) is 13.8. The number of amides is 2. The van der Waals surface area contributed by atoms with Crippen molar-refractivity contribution in [1.29, 1.82) is 0 Å². The fourth-order valence-electron chi connectivity index (χ4n) is 1.70. The summed E-state index contributed by atoms with van der Waals surface area (Å²) in [6.07, 6.45) is 1.63. The van der Waals surface area contributed by atoms with E-state index in [9.17, 15) is 9.59 Å². The molecule has 0 bridgehead atoms. The van der Waals surface area contributed by atoms with Crippen molar-refractivity contribution in [2.45, 2.75) is 25.8 Å². The molecule has 0 aromatic rings. The van der Waals surface area contributed by atoms with Crippen LogP contribution in [0.5, 0.6) is 0 Å². The molecule has 0 aromatic carbocycles. The van der Waals surface area contributed by atoms with Crippen molar-refractivity contribution in [3.8, 4) is 0 Å². The van der Waals surface area contributed by atoms with Crippen LogP contribution >= 0.6 is 0 Å². The number of ether oxygens (including phenoxy) is 1. The summed E-state index contributed by atoms with van der Waals surface area (Å²) < 4.78 is 5.20. The number of urea groups is 1. The second-order valence-corrected chi connectivity index (χ2v) is 4.46. The molecule has 6 heteroatoms. The Bertz CT molecular complexity index is 277. The molecule has 1 unspecified atom stereocenters. The Morgan fingerprint density at radius 3 is 2.59 bits per heavy atom. The summed E-state index contributed by atoms with van der Waals surface area (Å²) in [6.45, 7) is 3.13. The molecular formula is C11H20N2O4. The maximum atomic E-state index is 11.8. The monoisotopic (exact) mass is 244 g/mol. The van der Waals surface area contributed by atoms with Crippen molar-refractivity contribution in [2.75, 3.05) is 26.8 Å². The van der Waals surface area contributed by atoms with Crippen LogP contribution < -0.4 is 5.32 Å². The molecule has 0 spiro atoms. The van der Waals surface area contributed by atoms with Gasteiger partial charge in [0.25, 0.3) is 0 Å². The van der Waals surface area contributed by atoms with E-state index in [1.165, 1.54) is 4.90 Å². The van der Waals surface area contributed by atoms with Gasteiger partial charge in [0.2, 0.25) is 0 Å². The second kappa shape index (κ2) is 6.44. The average molecular weight is 244 g/mol. The van der Waals surface area contributed by atoms with Gasteiger partial charge in [0, 0.05) is 32.8 Å². The molecule has 2 N–H and O–H groups in total. The summed E-state index contributed by atoms with van der Waals surface area (Å²) in [6, 6.07) is -0.0798. The van der Waals surface area contributed by atoms with Crippen LogP contribution in [0.25, 0.3) is 0 Å². The summed E-state index contributed by atoms with van der Waals surface area (Å²) >= 11 is 0. The number of nitrogens with one attached hydrogen (secondary N) is 1. The highest BCUT2D eigenvalue weighted by molar-refractivity contribution is 5.75. The van der Waals surface area contributed by atoms with Crippen molar-refractivity contribution in [1.82, 2.24) is 10.2 Å². The van der Waals surface area contributed by atoms with Gasteiger partial charge in [0.15, 0.2) is 0 Å². The van der Waals surface area contributed by atoms with Crippen LogP contribution in [-0.2, 0) is 9.53 Å². The second-order valence-electron chi connectivity index (χ2n) is 4.46. The minimum Gasteiger partial charge on any atom is -0.481 e. The number of nitrogens with zero attached hydrogens (tertiary/aromatic N) is 1. The van der Waals surface area contributed by atoms with Crippen molar-refractivity contribution in [3.63, 3.8) is 0 Å². The molecule has 0 aromatic heterocycles. The van der Waals surface area contributed by atoms with E-state index < -0.39 is 11.9 Å². The smallest absolute Gasteiger partial charge is 0.317 e. The fourth-order valence-corrected chi connectivity index (χ4v) is 1.70. The molecular weight excluding hydrogens is 224 g/mol. The molecule has 1 heterocycles. The first-order chi connectivity index (χ1) is 8.00. The highest BCUT2D eigenvalue weighted by Gasteiger charge is 2.21. The van der Waals surface area contributed by atoms with Gasteiger partial charge in [0.05, 0.1) is 5.92 Å². The SMILES string of the molecule is CC(CN(C)C(=O)NC1CCOCC1)C(=O)O. The normalized spacial score (nSPS) is 18.5. The molecule has 0 aliphatic carbocycles. The van der Waals surface area contributed by atoms with Crippen LogP contribution in [0, 0.1) is 5.92 Å². The first-order valence-corrected chi connectivity index (χ1v) is 5.83. The van der Waals surface area contributed by atoms with E-state index in [-0.39, 0.29) is 18.6 Å². The third-order valence-corrected chi connectivity index (χ3v) is 2.86. The molecule has 0 saturated carbocycles. The molecule has 1 aliphatic heterocycles. The van der Waals surface area contributed by atoms with Crippen molar-refractivity contribution < 1.29 is 19.4 Å². The Morgan fingerprint density at radius 2 is 2.06 bits per heavy atom. The van der Waals surface area contributed by atoms with Crippen LogP contribution in [0.2, 0.25) is 0 Å². The molecule has 1 aliphatic rings. The lowest BCUT2D eigenvalue weighted by atomic mass is 10.1. The highest BCUT2D eigenvalue weighted by atomic mass is 16.5. The summed E-state index contributed by atoms with van der Waals surface area (Å²) in [5, 5.41) is 11.6. The summed E-state index contributed by atoms with van der Waals surface area (Å²) in [5.41, 5.74) is 0. The minimum absolute atomic E-state index is 0.138. The Labute approximate surface area is 101 Å². The van der Waals surface area contributed by atoms with Gasteiger partial charge in [-0.3, -0.25) is 4.79 Å². The molecule has 1 saturated heterocycles. The van der Waals surface area contributed by atoms with E-state index in [1.807, 2.05) is 0 Å². The zero-order chi connectivity index (χ0) is 12.8. The summed E-state index contributed by atoms with van der Waals surface area (Å²) in [4.78, 5) is 23.8. The van der Waals surface area contributed by atoms with E-state index in [2.05, 4.69) is 5.32 Å². The van der Waals surface area contributed by atoms with Crippen LogP contribution in [0.4, 0.5) is 4.79 Å². The number of aliphatic carboxylic acids is 1. The van der Waals surface area contributed by atoms with Crippen LogP contribution in [0.15, 0.2) is 0 Å². The number of hydrogen-bond acceptors (Lipinski definition) is 3. The van der Waals surface area contributed by atoms with Crippen LogP contribution in [-0.4, -0.2) is 54.9 Å². The lowest BCUT2D eigenvalue weighted by Gasteiger charge is -2.27. The first-order valence-electron chi connectivity index (χ1n) is 5.83. The van der Waals surface area contributed by atoms with Crippen molar-refractivity contribution in [2.24, 2.45) is 5.92 Å². The third kappa shape index (κ3) is 4.60. The largest absolute Gasteiger partial charge is 0.481 e. The van der Waals surface area contributed by atoms with Crippen LogP contribution in [0.3, 0.4) is 0 Å². The Balaban J connectivity index is 2.33. The molecule has 1 atom stereocenters. The lowest BCUT2D eigenvalue weighted by molar-refractivity contribution is -0.141. The standard InChI is InChI=1S/C11H20N2O4/c1-8(10(14)15)7-13(2)11(16)12-9-3-5-17-6-4-9/h8-9H,3-7H2,1-2H3,(H,12,16)(H,14,15). The number of rotatable bonds is 4. The van der Waals surface area contributed by atoms with E-state index in [1.54, 1.807) is 14.0 Å². The molecule has 6 nitrogen and oxygen atoms in total. The van der Waals surface area contributed by atoms with Gasteiger partial charge in [-0.25, -0.2) is 4.79 Å². The van der Waals surface area contributed by atoms with E-state index in [0.717, 1.165) is 12.8 Å². The van der Waals surface area contributed by atoms with Gasteiger partial charge in [-0.1, -0.05) is 6.92 Å². The zero-order valence-electron chi connectivity index (χ0n) is 10.3. The van der Waals surface area contributed by atoms with Gasteiger partial charge in [-0.2, -0.15) is 0 Å². The topological polar surface area (TPSA) is 78.9 Å². The van der Waals surface area contributed by atoms with Gasteiger partial charge in [-0.15, -0.1) is 0 Å². The number of carbonyl (C=O) groups excluding carboxylic acids is 1. The zero-order valence-corrected chi connectivity index (χ0v) is 10.3. The maximum Gasteiger partial charge on any atom is 0.317 e. The predicted octanol–water partition coefficient (Wildman–Crippen LogP) is 0.527. The Hall–Kier alpha value is -1.30. The molecule has 1 rings (SSSR count). The average Bonchev–Trinajstić information content (AvgIpc) is 2.29. The Morgan fingerprint density at radius 1 is 1.47 bits per heavy atom. The molecule has 0 radical (unpaired) electrons. The predicted molar refractivity (Wildman–Crippen MR) is 61.8 cm³/mol. The van der Waals surface area contributed by atoms with E-state index in [4.69, 9.17) is 9.84 Å². The van der Waals surface area contributed by atoms with Gasteiger partial charge in [-0.05, 0) is 12.8 Å². The van der Waals surface area contributed by atoms with Crippen molar-refractivity contribution in [3.05, 3.63) is 0 Å². The quantitative estimate of drug-likeness (QED) is 0.756. The van der Waals surface area contributed by atoms with Crippen molar-refractivity contribution >= 4 is 12.0 Å². The number of carboxylic acid groups (broad SMARTS) is 1. The summed E-state index contributed by atoms with van der Waals surface area (Å²) in [7, 11) is 1.61. The number of hydrogen-bond donors (Lipinski definition) is 2. The Kier molecular flexibility index (Phi) is 5.21. The molecule has 1 fully saturated rings. The molecule has 17 heavy (non-hydrogen) atoms.